The summed E-state index contributed by atoms with van der Waals surface area (Å²) in [6.07, 6.45) is 0.385. The highest BCUT2D eigenvalue weighted by Gasteiger charge is 2.34. The fraction of sp³-hybridized carbons (Fsp3) is 0.379. The van der Waals surface area contributed by atoms with Crippen LogP contribution < -0.4 is 22.5 Å². The molecule has 7 N–H and O–H groups in total. The minimum atomic E-state index is -1.53. The number of amides is 1. The van der Waals surface area contributed by atoms with Crippen LogP contribution in [0.4, 0.5) is 0 Å². The first-order chi connectivity index (χ1) is 19.6. The Bertz CT molecular complexity index is 1610. The number of hydrogen-bond donors (Lipinski definition) is 5. The number of hydrazine groups is 1. The predicted octanol–water partition coefficient (Wildman–Crippen LogP) is 1.13. The highest BCUT2D eigenvalue weighted by molar-refractivity contribution is 5.89. The molecule has 5 rings (SSSR count). The van der Waals surface area contributed by atoms with Crippen LogP contribution in [0, 0.1) is 13.8 Å². The third kappa shape index (κ3) is 5.67. The molecule has 41 heavy (non-hydrogen) atoms. The van der Waals surface area contributed by atoms with Crippen molar-refractivity contribution in [3.63, 3.8) is 0 Å². The molecule has 0 aliphatic carbocycles. The lowest BCUT2D eigenvalue weighted by Crippen LogP contribution is -2.32. The van der Waals surface area contributed by atoms with Gasteiger partial charge in [0.15, 0.2) is 6.10 Å². The summed E-state index contributed by atoms with van der Waals surface area (Å²) in [6.45, 7) is 7.96. The van der Waals surface area contributed by atoms with Crippen molar-refractivity contribution in [1.82, 2.24) is 19.9 Å². The maximum absolute atomic E-state index is 13.4. The fourth-order valence-corrected chi connectivity index (χ4v) is 5.06. The molecule has 218 valence electrons. The van der Waals surface area contributed by atoms with Crippen molar-refractivity contribution in [2.24, 2.45) is 11.6 Å². The molecule has 1 unspecified atom stereocenters. The molecule has 2 aromatic heterocycles. The van der Waals surface area contributed by atoms with Crippen LogP contribution in [0.15, 0.2) is 34.9 Å². The first kappa shape index (κ1) is 29.7. The summed E-state index contributed by atoms with van der Waals surface area (Å²) in [7, 11) is 0. The van der Waals surface area contributed by atoms with E-state index in [0.717, 1.165) is 33.2 Å². The number of aryl methyl sites for hydroxylation is 2. The lowest BCUT2D eigenvalue weighted by molar-refractivity contribution is -0.157. The minimum absolute atomic E-state index is 0.194. The Labute approximate surface area is 237 Å². The maximum atomic E-state index is 13.4. The van der Waals surface area contributed by atoms with Gasteiger partial charge in [-0.2, -0.15) is 0 Å². The average molecular weight is 565 g/mol. The van der Waals surface area contributed by atoms with Crippen LogP contribution in [0.5, 0.6) is 0 Å². The van der Waals surface area contributed by atoms with E-state index >= 15 is 0 Å². The molecule has 1 amide bonds. The van der Waals surface area contributed by atoms with Crippen molar-refractivity contribution in [3.05, 3.63) is 73.8 Å². The summed E-state index contributed by atoms with van der Waals surface area (Å²) in [5.74, 6) is 5.08. The van der Waals surface area contributed by atoms with Gasteiger partial charge in [-0.05, 0) is 48.7 Å². The van der Waals surface area contributed by atoms with E-state index in [0.29, 0.717) is 23.5 Å². The number of nitrogens with two attached hydrogens (primary N) is 2. The Balaban J connectivity index is 0.00000189. The van der Waals surface area contributed by atoms with Gasteiger partial charge >= 0.3 is 5.97 Å². The second kappa shape index (κ2) is 12.1. The van der Waals surface area contributed by atoms with E-state index in [2.05, 4.69) is 5.32 Å². The second-order valence-corrected chi connectivity index (χ2v) is 9.87. The number of cyclic esters (lactones) is 1. The number of ether oxygens (including phenoxy) is 1. The molecule has 0 saturated carbocycles. The molecule has 0 bridgehead atoms. The van der Waals surface area contributed by atoms with Gasteiger partial charge < -0.3 is 35.6 Å². The number of pyridine rings is 2. The Hall–Kier alpha value is -4.26. The molecule has 12 heteroatoms. The average Bonchev–Trinajstić information content (AvgIpc) is 3.31. The summed E-state index contributed by atoms with van der Waals surface area (Å²) in [4.78, 5) is 41.5. The highest BCUT2D eigenvalue weighted by Crippen LogP contribution is 2.38. The minimum Gasteiger partial charge on any atom is -0.458 e. The molecule has 3 aromatic rings. The maximum Gasteiger partial charge on any atom is 0.340 e. The number of carbonyl (C=O) groups is 2. The molecule has 2 aliphatic heterocycles. The van der Waals surface area contributed by atoms with Crippen molar-refractivity contribution >= 4 is 22.8 Å². The Morgan fingerprint density at radius 2 is 1.93 bits per heavy atom. The van der Waals surface area contributed by atoms with Gasteiger partial charge in [-0.25, -0.2) is 15.6 Å². The van der Waals surface area contributed by atoms with Gasteiger partial charge in [0, 0.05) is 41.4 Å². The molecule has 1 aromatic carbocycles. The van der Waals surface area contributed by atoms with Crippen LogP contribution in [-0.2, 0) is 34.0 Å². The van der Waals surface area contributed by atoms with Gasteiger partial charge in [-0.3, -0.25) is 9.59 Å². The number of nitrogens with one attached hydrogen (secondary N) is 1. The zero-order chi connectivity index (χ0) is 30.0. The van der Waals surface area contributed by atoms with Crippen molar-refractivity contribution in [3.8, 4) is 11.4 Å². The monoisotopic (exact) mass is 564 g/mol. The first-order valence-electron chi connectivity index (χ1n) is 13.5. The van der Waals surface area contributed by atoms with Gasteiger partial charge in [-0.1, -0.05) is 13.8 Å². The van der Waals surface area contributed by atoms with Gasteiger partial charge in [0.05, 0.1) is 35.6 Å². The van der Waals surface area contributed by atoms with Crippen molar-refractivity contribution in [1.29, 1.82) is 0 Å². The standard InChI is InChI=1S/C27H30N6O6.C2H6/c1-13-5-16-18(9-32(29)8-15(28)3-4-30-23(35)11-34)19-10-33-22(24(19)31-21(16)6-14(13)2)7-17-20(26(33)37)12-39-27(38)25(17)36;1-2/h5-8,25,34,36H,3-4,9-12,28-29H2,1-2H3,(H,30,35);1-2H3/b15-8-;. The fourth-order valence-electron chi connectivity index (χ4n) is 5.06. The number of nitrogens with zero attached hydrogens (tertiary/aromatic N) is 3. The highest BCUT2D eigenvalue weighted by atomic mass is 16.5. The van der Waals surface area contributed by atoms with E-state index in [4.69, 9.17) is 26.4 Å². The van der Waals surface area contributed by atoms with Crippen LogP contribution in [-0.4, -0.2) is 49.8 Å². The van der Waals surface area contributed by atoms with E-state index in [-0.39, 0.29) is 42.9 Å². The number of hydrogen-bond acceptors (Lipinski definition) is 10. The van der Waals surface area contributed by atoms with Gasteiger partial charge in [0.25, 0.3) is 5.56 Å². The predicted molar refractivity (Wildman–Crippen MR) is 153 cm³/mol. The second-order valence-electron chi connectivity index (χ2n) is 9.87. The molecule has 1 atom stereocenters. The smallest absolute Gasteiger partial charge is 0.340 e. The summed E-state index contributed by atoms with van der Waals surface area (Å²) in [5.41, 5.74) is 12.3. The van der Waals surface area contributed by atoms with E-state index in [9.17, 15) is 19.5 Å². The largest absolute Gasteiger partial charge is 0.458 e. The van der Waals surface area contributed by atoms with Crippen LogP contribution in [0.2, 0.25) is 0 Å². The number of rotatable bonds is 7. The molecule has 0 saturated heterocycles. The Morgan fingerprint density at radius 1 is 1.22 bits per heavy atom. The molecule has 0 radical (unpaired) electrons. The van der Waals surface area contributed by atoms with E-state index < -0.39 is 24.6 Å². The molecule has 0 fully saturated rings. The summed E-state index contributed by atoms with van der Waals surface area (Å²) in [5, 5.41) is 24.1. The van der Waals surface area contributed by atoms with E-state index in [1.54, 1.807) is 16.8 Å². The number of esters is 1. The topological polar surface area (TPSA) is 186 Å². The lowest BCUT2D eigenvalue weighted by atomic mass is 9.96. The molecular weight excluding hydrogens is 528 g/mol. The van der Waals surface area contributed by atoms with Gasteiger partial charge in [0.2, 0.25) is 5.91 Å². The number of aromatic nitrogens is 2. The number of aliphatic hydroxyl groups is 2. The molecule has 0 spiro atoms. The van der Waals surface area contributed by atoms with Crippen LogP contribution in [0.3, 0.4) is 0 Å². The molecular formula is C29H36N6O6. The van der Waals surface area contributed by atoms with Crippen molar-refractivity contribution in [2.45, 2.75) is 59.9 Å². The number of fused-ring (bicyclic) bond motifs is 5. The van der Waals surface area contributed by atoms with Crippen LogP contribution >= 0.6 is 0 Å². The Kier molecular flexibility index (Phi) is 8.76. The van der Waals surface area contributed by atoms with Gasteiger partial charge in [0.1, 0.15) is 13.2 Å². The SMILES string of the molecule is CC.Cc1cc2nc3c(c(CN(N)/C=C(\N)CCNC(=O)CO)c2cc1C)Cn1c-3cc2c(c1=O)COC(=O)C2O. The molecule has 2 aliphatic rings. The molecule has 4 heterocycles. The zero-order valence-electron chi connectivity index (χ0n) is 23.7. The van der Waals surface area contributed by atoms with Crippen molar-refractivity contribution < 1.29 is 24.5 Å². The molecule has 12 nitrogen and oxygen atoms in total. The summed E-state index contributed by atoms with van der Waals surface area (Å²) < 4.78 is 6.57. The van der Waals surface area contributed by atoms with E-state index in [1.165, 1.54) is 5.01 Å². The lowest BCUT2D eigenvalue weighted by Gasteiger charge is -2.21. The van der Waals surface area contributed by atoms with Crippen LogP contribution in [0.25, 0.3) is 22.3 Å². The number of carbonyl (C=O) groups excluding carboxylic acids is 2. The third-order valence-electron chi connectivity index (χ3n) is 7.24. The zero-order valence-corrected chi connectivity index (χ0v) is 23.7. The summed E-state index contributed by atoms with van der Waals surface area (Å²) >= 11 is 0. The van der Waals surface area contributed by atoms with Crippen molar-refractivity contribution in [2.75, 3.05) is 13.2 Å². The number of benzene rings is 1. The van der Waals surface area contributed by atoms with Gasteiger partial charge in [-0.15, -0.1) is 0 Å². The Morgan fingerprint density at radius 3 is 2.63 bits per heavy atom. The van der Waals surface area contributed by atoms with Crippen LogP contribution in [0.1, 0.15) is 59.8 Å². The third-order valence-corrected chi connectivity index (χ3v) is 7.24. The quantitative estimate of drug-likeness (QED) is 0.124. The number of aliphatic hydroxyl groups excluding tert-OH is 2. The normalized spacial score (nSPS) is 15.3. The van der Waals surface area contributed by atoms with E-state index in [1.807, 2.05) is 39.8 Å². The first-order valence-corrected chi connectivity index (χ1v) is 13.5. The summed E-state index contributed by atoms with van der Waals surface area (Å²) in [6, 6.07) is 5.68.